The zero-order valence-corrected chi connectivity index (χ0v) is 19.9. The molecule has 9 heteroatoms. The molecule has 1 aliphatic heterocycles. The summed E-state index contributed by atoms with van der Waals surface area (Å²) in [6.45, 7) is 0. The fraction of sp³-hybridized carbons (Fsp3) is 0.609. The highest BCUT2D eigenvalue weighted by molar-refractivity contribution is 7.99. The van der Waals surface area contributed by atoms with Gasteiger partial charge in [-0.1, -0.05) is 49.2 Å². The number of carbonyl (C=O) groups is 1. The summed E-state index contributed by atoms with van der Waals surface area (Å²) in [5, 5.41) is 9.61. The van der Waals surface area contributed by atoms with Gasteiger partial charge in [0, 0.05) is 23.7 Å². The molecular weight excluding hydrogens is 444 g/mol. The first-order valence-electron chi connectivity index (χ1n) is 11.7. The van der Waals surface area contributed by atoms with Crippen LogP contribution in [0, 0.1) is 0 Å². The van der Waals surface area contributed by atoms with Gasteiger partial charge in [-0.05, 0) is 44.2 Å². The van der Waals surface area contributed by atoms with Crippen LogP contribution in [0.4, 0.5) is 0 Å². The molecule has 1 aromatic heterocycles. The van der Waals surface area contributed by atoms with E-state index in [-0.39, 0.29) is 35.2 Å². The van der Waals surface area contributed by atoms with Gasteiger partial charge in [-0.15, -0.1) is 10.2 Å². The molecule has 0 bridgehead atoms. The fourth-order valence-corrected chi connectivity index (χ4v) is 7.60. The Labute approximate surface area is 193 Å². The maximum atomic E-state index is 13.5. The van der Waals surface area contributed by atoms with Crippen molar-refractivity contribution in [1.29, 1.82) is 0 Å². The third kappa shape index (κ3) is 4.73. The van der Waals surface area contributed by atoms with Gasteiger partial charge in [0.05, 0.1) is 17.3 Å². The monoisotopic (exact) mass is 474 g/mol. The summed E-state index contributed by atoms with van der Waals surface area (Å²) in [5.41, 5.74) is 1.01. The minimum Gasteiger partial charge on any atom is -0.335 e. The van der Waals surface area contributed by atoms with E-state index in [1.165, 1.54) is 18.2 Å². The summed E-state index contributed by atoms with van der Waals surface area (Å²) in [6.07, 6.45) is 8.15. The van der Waals surface area contributed by atoms with E-state index in [4.69, 9.17) is 0 Å². The highest BCUT2D eigenvalue weighted by atomic mass is 32.2. The summed E-state index contributed by atoms with van der Waals surface area (Å²) in [6, 6.07) is 10.0. The summed E-state index contributed by atoms with van der Waals surface area (Å²) in [5.74, 6) is 1.98. The first kappa shape index (κ1) is 21.9. The maximum absolute atomic E-state index is 13.5. The van der Waals surface area contributed by atoms with Gasteiger partial charge >= 0.3 is 0 Å². The Morgan fingerprint density at radius 2 is 1.75 bits per heavy atom. The normalized spacial score (nSPS) is 23.3. The first-order chi connectivity index (χ1) is 15.5. The molecular formula is C23H30N4O3S2. The summed E-state index contributed by atoms with van der Waals surface area (Å²) >= 11 is 1.42. The molecule has 1 unspecified atom stereocenters. The van der Waals surface area contributed by atoms with Crippen LogP contribution in [-0.4, -0.2) is 63.3 Å². The van der Waals surface area contributed by atoms with Gasteiger partial charge in [0.15, 0.2) is 15.0 Å². The molecule has 2 heterocycles. The highest BCUT2D eigenvalue weighted by Crippen LogP contribution is 2.41. The van der Waals surface area contributed by atoms with Gasteiger partial charge < -0.3 is 4.90 Å². The number of para-hydroxylation sites is 1. The molecule has 3 fully saturated rings. The second-order valence-electron chi connectivity index (χ2n) is 9.22. The quantitative estimate of drug-likeness (QED) is 0.570. The van der Waals surface area contributed by atoms with E-state index in [1.807, 2.05) is 35.2 Å². The SMILES string of the molecule is O=C(CSc1nnc(C2CC2)n1-c1ccccc1)N(C1CCCCC1)C1CCS(=O)(=O)C1. The van der Waals surface area contributed by atoms with E-state index < -0.39 is 9.84 Å². The lowest BCUT2D eigenvalue weighted by Gasteiger charge is -2.38. The summed E-state index contributed by atoms with van der Waals surface area (Å²) in [4.78, 5) is 15.4. The number of aromatic nitrogens is 3. The number of sulfone groups is 1. The van der Waals surface area contributed by atoms with Crippen LogP contribution in [0.2, 0.25) is 0 Å². The van der Waals surface area contributed by atoms with Crippen molar-refractivity contribution in [2.75, 3.05) is 17.3 Å². The van der Waals surface area contributed by atoms with Crippen LogP contribution in [0.3, 0.4) is 0 Å². The summed E-state index contributed by atoms with van der Waals surface area (Å²) in [7, 11) is -3.05. The molecule has 1 amide bonds. The number of benzene rings is 1. The number of thioether (sulfide) groups is 1. The Morgan fingerprint density at radius 3 is 2.41 bits per heavy atom. The van der Waals surface area contributed by atoms with Crippen LogP contribution in [0.25, 0.3) is 5.69 Å². The molecule has 0 N–H and O–H groups in total. The average Bonchev–Trinajstić information content (AvgIpc) is 3.46. The number of hydrogen-bond donors (Lipinski definition) is 0. The lowest BCUT2D eigenvalue weighted by Crippen LogP contribution is -2.49. The third-order valence-corrected chi connectivity index (χ3v) is 9.46. The van der Waals surface area contributed by atoms with Crippen LogP contribution >= 0.6 is 11.8 Å². The molecule has 172 valence electrons. The van der Waals surface area contributed by atoms with Gasteiger partial charge in [0.2, 0.25) is 5.91 Å². The van der Waals surface area contributed by atoms with Crippen molar-refractivity contribution >= 4 is 27.5 Å². The smallest absolute Gasteiger partial charge is 0.233 e. The van der Waals surface area contributed by atoms with Gasteiger partial charge in [-0.2, -0.15) is 0 Å². The van der Waals surface area contributed by atoms with Crippen LogP contribution in [0.5, 0.6) is 0 Å². The average molecular weight is 475 g/mol. The Morgan fingerprint density at radius 1 is 1.00 bits per heavy atom. The second-order valence-corrected chi connectivity index (χ2v) is 12.4. The number of hydrogen-bond acceptors (Lipinski definition) is 6. The number of rotatable bonds is 7. The molecule has 2 saturated carbocycles. The molecule has 1 aromatic carbocycles. The van der Waals surface area contributed by atoms with E-state index in [2.05, 4.69) is 14.8 Å². The molecule has 32 heavy (non-hydrogen) atoms. The number of amides is 1. The van der Waals surface area contributed by atoms with E-state index >= 15 is 0 Å². The van der Waals surface area contributed by atoms with Crippen LogP contribution < -0.4 is 0 Å². The molecule has 1 atom stereocenters. The Hall–Kier alpha value is -1.87. The predicted octanol–water partition coefficient (Wildman–Crippen LogP) is 3.59. The predicted molar refractivity (Wildman–Crippen MR) is 125 cm³/mol. The van der Waals surface area contributed by atoms with Crippen molar-refractivity contribution in [2.24, 2.45) is 0 Å². The zero-order valence-electron chi connectivity index (χ0n) is 18.2. The van der Waals surface area contributed by atoms with Crippen molar-refractivity contribution in [2.45, 2.75) is 74.5 Å². The van der Waals surface area contributed by atoms with Gasteiger partial charge in [-0.3, -0.25) is 9.36 Å². The molecule has 5 rings (SSSR count). The van der Waals surface area contributed by atoms with E-state index in [9.17, 15) is 13.2 Å². The van der Waals surface area contributed by atoms with Crippen LogP contribution in [0.1, 0.15) is 63.1 Å². The molecule has 2 aliphatic carbocycles. The lowest BCUT2D eigenvalue weighted by atomic mass is 9.93. The molecule has 2 aromatic rings. The molecule has 1 saturated heterocycles. The topological polar surface area (TPSA) is 85.2 Å². The zero-order chi connectivity index (χ0) is 22.1. The molecule has 0 radical (unpaired) electrons. The Bertz CT molecular complexity index is 1060. The third-order valence-electron chi connectivity index (χ3n) is 6.80. The van der Waals surface area contributed by atoms with Crippen molar-refractivity contribution < 1.29 is 13.2 Å². The van der Waals surface area contributed by atoms with Gasteiger partial charge in [-0.25, -0.2) is 8.42 Å². The minimum absolute atomic E-state index is 0.0274. The Kier molecular flexibility index (Phi) is 6.29. The van der Waals surface area contributed by atoms with Gasteiger partial charge in [0.1, 0.15) is 5.82 Å². The van der Waals surface area contributed by atoms with Crippen molar-refractivity contribution in [1.82, 2.24) is 19.7 Å². The van der Waals surface area contributed by atoms with Gasteiger partial charge in [0.25, 0.3) is 0 Å². The van der Waals surface area contributed by atoms with E-state index in [0.717, 1.165) is 55.2 Å². The molecule has 7 nitrogen and oxygen atoms in total. The van der Waals surface area contributed by atoms with E-state index in [0.29, 0.717) is 12.3 Å². The molecule has 0 spiro atoms. The molecule has 3 aliphatic rings. The Balaban J connectivity index is 1.35. The van der Waals surface area contributed by atoms with E-state index in [1.54, 1.807) is 0 Å². The fourth-order valence-electron chi connectivity index (χ4n) is 5.06. The van der Waals surface area contributed by atoms with Crippen molar-refractivity contribution in [3.05, 3.63) is 36.2 Å². The van der Waals surface area contributed by atoms with Crippen molar-refractivity contribution in [3.8, 4) is 5.69 Å². The highest BCUT2D eigenvalue weighted by Gasteiger charge is 2.38. The largest absolute Gasteiger partial charge is 0.335 e. The first-order valence-corrected chi connectivity index (χ1v) is 14.5. The number of carbonyl (C=O) groups excluding carboxylic acids is 1. The van der Waals surface area contributed by atoms with Crippen LogP contribution in [0.15, 0.2) is 35.5 Å². The lowest BCUT2D eigenvalue weighted by molar-refractivity contribution is -0.133. The summed E-state index contributed by atoms with van der Waals surface area (Å²) < 4.78 is 26.4. The van der Waals surface area contributed by atoms with Crippen LogP contribution in [-0.2, 0) is 14.6 Å². The minimum atomic E-state index is -3.05. The standard InChI is InChI=1S/C23H30N4O3S2/c28-21(26(18-7-3-1-4-8-18)20-13-14-32(29,30)16-20)15-31-23-25-24-22(17-11-12-17)27(23)19-9-5-2-6-10-19/h2,5-6,9-10,17-18,20H,1,3-4,7-8,11-16H2. The number of nitrogens with zero attached hydrogens (tertiary/aromatic N) is 4. The maximum Gasteiger partial charge on any atom is 0.233 e. The van der Waals surface area contributed by atoms with Crippen molar-refractivity contribution in [3.63, 3.8) is 0 Å². The second kappa shape index (κ2) is 9.17.